The summed E-state index contributed by atoms with van der Waals surface area (Å²) < 4.78 is 10.5. The molecular formula is C14H12N2O4. The van der Waals surface area contributed by atoms with Gasteiger partial charge in [-0.2, -0.15) is 0 Å². The molecule has 0 fully saturated rings. The Labute approximate surface area is 113 Å². The minimum Gasteiger partial charge on any atom is -0.755 e. The van der Waals surface area contributed by atoms with E-state index < -0.39 is 0 Å². The summed E-state index contributed by atoms with van der Waals surface area (Å²) in [5.74, 6) is 1.05. The fraction of sp³-hybridized carbons (Fsp3) is 0.143. The quantitative estimate of drug-likeness (QED) is 0.529. The largest absolute Gasteiger partial charge is 0.755 e. The van der Waals surface area contributed by atoms with Gasteiger partial charge in [0.25, 0.3) is 0 Å². The maximum atomic E-state index is 12.1. The molecule has 0 spiro atoms. The van der Waals surface area contributed by atoms with Gasteiger partial charge in [0, 0.05) is 11.5 Å². The normalized spacial score (nSPS) is 10.9. The van der Waals surface area contributed by atoms with Gasteiger partial charge in [-0.3, -0.25) is 0 Å². The number of methoxy groups -OCH3 is 2. The molecule has 0 atom stereocenters. The number of rotatable bonds is 2. The lowest BCUT2D eigenvalue weighted by Crippen LogP contribution is -2.28. The smallest absolute Gasteiger partial charge is 0.303 e. The van der Waals surface area contributed by atoms with Crippen LogP contribution in [0.1, 0.15) is 0 Å². The summed E-state index contributed by atoms with van der Waals surface area (Å²) in [7, 11) is 3.01. The van der Waals surface area contributed by atoms with Crippen LogP contribution in [0.15, 0.2) is 36.4 Å². The first kappa shape index (κ1) is 12.3. The predicted octanol–water partition coefficient (Wildman–Crippen LogP) is 2.07. The second kappa shape index (κ2) is 4.41. The average molecular weight is 272 g/mol. The molecule has 0 aliphatic rings. The molecule has 0 unspecified atom stereocenters. The van der Waals surface area contributed by atoms with Crippen molar-refractivity contribution in [1.29, 1.82) is 0 Å². The number of ether oxygens (including phenoxy) is 2. The van der Waals surface area contributed by atoms with Crippen LogP contribution < -0.4 is 14.0 Å². The monoisotopic (exact) mass is 272 g/mol. The standard InChI is InChI=1S/C14H12N2O4/c1-19-9-3-5-11-12-6-4-10(20-2)8-14(12)16(18)15(17)13(11)7-9/h3-8H,1-2H3. The fourth-order valence-electron chi connectivity index (χ4n) is 2.24. The van der Waals surface area contributed by atoms with Crippen LogP contribution in [0.5, 0.6) is 11.5 Å². The van der Waals surface area contributed by atoms with Crippen molar-refractivity contribution in [3.8, 4) is 11.5 Å². The van der Waals surface area contributed by atoms with Gasteiger partial charge in [0.05, 0.1) is 30.6 Å². The van der Waals surface area contributed by atoms with Gasteiger partial charge in [0.2, 0.25) is 0 Å². The Bertz CT molecular complexity index is 870. The molecule has 3 aromatic rings. The summed E-state index contributed by atoms with van der Waals surface area (Å²) in [6.45, 7) is 0. The van der Waals surface area contributed by atoms with Crippen LogP contribution in [0.4, 0.5) is 0 Å². The van der Waals surface area contributed by atoms with Crippen molar-refractivity contribution in [2.75, 3.05) is 14.2 Å². The SMILES string of the molecule is COc1ccc2c3ccc(OC)cc3[n+](=O)n([O-])c2c1. The number of aromatic nitrogens is 2. The van der Waals surface area contributed by atoms with E-state index in [-0.39, 0.29) is 11.0 Å². The molecule has 1 aromatic heterocycles. The Morgan fingerprint density at radius 3 is 2.25 bits per heavy atom. The highest BCUT2D eigenvalue weighted by atomic mass is 16.5. The van der Waals surface area contributed by atoms with Crippen molar-refractivity contribution < 1.29 is 14.0 Å². The molecule has 2 aromatic carbocycles. The number of benzene rings is 2. The highest BCUT2D eigenvalue weighted by Crippen LogP contribution is 2.27. The molecule has 0 N–H and O–H groups in total. The van der Waals surface area contributed by atoms with Crippen molar-refractivity contribution in [2.45, 2.75) is 0 Å². The summed E-state index contributed by atoms with van der Waals surface area (Å²) in [4.78, 5) is 12.4. The van der Waals surface area contributed by atoms with Crippen molar-refractivity contribution in [3.05, 3.63) is 46.5 Å². The lowest BCUT2D eigenvalue weighted by Gasteiger charge is -2.09. The van der Waals surface area contributed by atoms with Crippen molar-refractivity contribution in [2.24, 2.45) is 0 Å². The molecule has 0 amide bonds. The van der Waals surface area contributed by atoms with E-state index in [9.17, 15) is 10.1 Å². The van der Waals surface area contributed by atoms with Gasteiger partial charge < -0.3 is 14.7 Å². The first-order valence-corrected chi connectivity index (χ1v) is 5.96. The van der Waals surface area contributed by atoms with E-state index in [1.165, 1.54) is 14.2 Å². The zero-order valence-electron chi connectivity index (χ0n) is 11.0. The van der Waals surface area contributed by atoms with Crippen LogP contribution >= 0.6 is 0 Å². The topological polar surface area (TPSA) is 69.4 Å². The third-order valence-corrected chi connectivity index (χ3v) is 3.28. The number of nitrogens with zero attached hydrogens (tertiary/aromatic N) is 2. The van der Waals surface area contributed by atoms with Crippen LogP contribution in [0.2, 0.25) is 0 Å². The highest BCUT2D eigenvalue weighted by molar-refractivity contribution is 6.03. The summed E-state index contributed by atoms with van der Waals surface area (Å²) in [6, 6.07) is 10.1. The third-order valence-electron chi connectivity index (χ3n) is 3.28. The molecule has 6 heteroatoms. The lowest BCUT2D eigenvalue weighted by atomic mass is 10.1. The van der Waals surface area contributed by atoms with E-state index in [2.05, 4.69) is 0 Å². The predicted molar refractivity (Wildman–Crippen MR) is 74.7 cm³/mol. The molecule has 3 rings (SSSR count). The minimum absolute atomic E-state index is 0.261. The molecule has 1 heterocycles. The van der Waals surface area contributed by atoms with Gasteiger partial charge in [-0.25, -0.2) is 0 Å². The number of hydrogen-bond acceptors (Lipinski definition) is 4. The summed E-state index contributed by atoms with van der Waals surface area (Å²) >= 11 is 0. The Kier molecular flexibility index (Phi) is 2.71. The van der Waals surface area contributed by atoms with E-state index in [0.717, 1.165) is 0 Å². The molecule has 0 aliphatic carbocycles. The van der Waals surface area contributed by atoms with Crippen LogP contribution in [0, 0.1) is 10.1 Å². The first-order chi connectivity index (χ1) is 9.65. The Morgan fingerprint density at radius 2 is 1.60 bits per heavy atom. The summed E-state index contributed by atoms with van der Waals surface area (Å²) in [5, 5.41) is 13.5. The van der Waals surface area contributed by atoms with Crippen LogP contribution in [0.3, 0.4) is 0 Å². The van der Waals surface area contributed by atoms with Crippen LogP contribution in [-0.2, 0) is 0 Å². The molecule has 0 bridgehead atoms. The third kappa shape index (κ3) is 1.65. The summed E-state index contributed by atoms with van der Waals surface area (Å²) in [5.41, 5.74) is 0.522. The van der Waals surface area contributed by atoms with E-state index in [0.29, 0.717) is 31.7 Å². The van der Waals surface area contributed by atoms with Crippen LogP contribution in [0.25, 0.3) is 21.8 Å². The Morgan fingerprint density at radius 1 is 1.00 bits per heavy atom. The molecule has 20 heavy (non-hydrogen) atoms. The second-order valence-corrected chi connectivity index (χ2v) is 4.31. The minimum atomic E-state index is 0.261. The molecule has 102 valence electrons. The van der Waals surface area contributed by atoms with Gasteiger partial charge in [-0.1, -0.05) is 0 Å². The van der Waals surface area contributed by atoms with E-state index in [4.69, 9.17) is 9.47 Å². The van der Waals surface area contributed by atoms with E-state index in [1.54, 1.807) is 36.4 Å². The molecule has 0 aliphatic heterocycles. The maximum Gasteiger partial charge on any atom is 0.303 e. The second-order valence-electron chi connectivity index (χ2n) is 4.31. The number of fused-ring (bicyclic) bond motifs is 3. The van der Waals surface area contributed by atoms with Crippen LogP contribution in [-0.4, -0.2) is 19.1 Å². The molecule has 0 radical (unpaired) electrons. The van der Waals surface area contributed by atoms with Crippen molar-refractivity contribution >= 4 is 21.8 Å². The first-order valence-electron chi connectivity index (χ1n) is 5.96. The lowest BCUT2D eigenvalue weighted by molar-refractivity contribution is -0.556. The average Bonchev–Trinajstić information content (AvgIpc) is 2.51. The fourth-order valence-corrected chi connectivity index (χ4v) is 2.24. The zero-order valence-corrected chi connectivity index (χ0v) is 11.0. The van der Waals surface area contributed by atoms with Crippen molar-refractivity contribution in [3.63, 3.8) is 0 Å². The summed E-state index contributed by atoms with van der Waals surface area (Å²) in [6.07, 6.45) is 0. The van der Waals surface area contributed by atoms with Gasteiger partial charge in [-0.15, -0.1) is 4.85 Å². The van der Waals surface area contributed by atoms with Gasteiger partial charge in [-0.05, 0) is 24.3 Å². The molecule has 0 saturated carbocycles. The maximum absolute atomic E-state index is 12.1. The van der Waals surface area contributed by atoms with E-state index >= 15 is 0 Å². The van der Waals surface area contributed by atoms with Gasteiger partial charge in [0.1, 0.15) is 17.0 Å². The van der Waals surface area contributed by atoms with Gasteiger partial charge in [0.15, 0.2) is 4.54 Å². The zero-order chi connectivity index (χ0) is 14.3. The van der Waals surface area contributed by atoms with Crippen molar-refractivity contribution in [1.82, 2.24) is 4.85 Å². The highest BCUT2D eigenvalue weighted by Gasteiger charge is 2.15. The molecular weight excluding hydrogens is 260 g/mol. The van der Waals surface area contributed by atoms with E-state index in [1.807, 2.05) is 0 Å². The molecule has 0 saturated heterocycles. The van der Waals surface area contributed by atoms with Gasteiger partial charge >= 0.3 is 5.52 Å². The molecule has 6 nitrogen and oxygen atoms in total. The number of hydrogen-bond donors (Lipinski definition) is 0. The Hall–Kier alpha value is -2.76. The Balaban J connectivity index is 2.51.